The molecule has 28 heavy (non-hydrogen) atoms. The second-order valence-electron chi connectivity index (χ2n) is 6.89. The molecule has 7 heteroatoms. The first kappa shape index (κ1) is 20.5. The van der Waals surface area contributed by atoms with Crippen LogP contribution in [0, 0.1) is 13.8 Å². The SMILES string of the molecule is CCOC(=O)c1c(C)[nH]c(C(=O)Nc2cccc(CN3CCSCC3)c2)c1C. The lowest BCUT2D eigenvalue weighted by Gasteiger charge is -2.26. The van der Waals surface area contributed by atoms with Gasteiger partial charge in [-0.05, 0) is 44.0 Å². The number of nitrogens with one attached hydrogen (secondary N) is 2. The molecule has 150 valence electrons. The highest BCUT2D eigenvalue weighted by molar-refractivity contribution is 7.99. The van der Waals surface area contributed by atoms with Gasteiger partial charge in [-0.3, -0.25) is 9.69 Å². The lowest BCUT2D eigenvalue weighted by atomic mass is 10.1. The number of carbonyl (C=O) groups is 2. The van der Waals surface area contributed by atoms with Crippen molar-refractivity contribution >= 4 is 29.3 Å². The first-order valence-corrected chi connectivity index (χ1v) is 10.7. The van der Waals surface area contributed by atoms with Crippen molar-refractivity contribution in [2.45, 2.75) is 27.3 Å². The fourth-order valence-electron chi connectivity index (χ4n) is 3.45. The van der Waals surface area contributed by atoms with Crippen LogP contribution in [0.25, 0.3) is 0 Å². The molecule has 0 aliphatic carbocycles. The minimum Gasteiger partial charge on any atom is -0.462 e. The van der Waals surface area contributed by atoms with Crippen LogP contribution in [0.15, 0.2) is 24.3 Å². The van der Waals surface area contributed by atoms with Crippen LogP contribution in [0.5, 0.6) is 0 Å². The number of amides is 1. The Morgan fingerprint density at radius 2 is 2.00 bits per heavy atom. The zero-order valence-electron chi connectivity index (χ0n) is 16.6. The van der Waals surface area contributed by atoms with Gasteiger partial charge in [0.15, 0.2) is 0 Å². The molecule has 0 atom stereocenters. The summed E-state index contributed by atoms with van der Waals surface area (Å²) in [5.41, 5.74) is 3.99. The van der Waals surface area contributed by atoms with E-state index in [4.69, 9.17) is 4.74 Å². The van der Waals surface area contributed by atoms with Crippen molar-refractivity contribution in [1.82, 2.24) is 9.88 Å². The molecular weight excluding hydrogens is 374 g/mol. The van der Waals surface area contributed by atoms with E-state index in [1.54, 1.807) is 20.8 Å². The molecule has 2 N–H and O–H groups in total. The molecule has 1 aliphatic rings. The van der Waals surface area contributed by atoms with E-state index in [9.17, 15) is 9.59 Å². The molecule has 0 spiro atoms. The van der Waals surface area contributed by atoms with Gasteiger partial charge in [0.1, 0.15) is 5.69 Å². The molecule has 1 amide bonds. The number of thioether (sulfide) groups is 1. The number of hydrogen-bond acceptors (Lipinski definition) is 5. The van der Waals surface area contributed by atoms with Gasteiger partial charge in [0.2, 0.25) is 0 Å². The second kappa shape index (κ2) is 9.30. The predicted molar refractivity (Wildman–Crippen MR) is 113 cm³/mol. The number of benzene rings is 1. The van der Waals surface area contributed by atoms with Crippen LogP contribution in [-0.4, -0.2) is 53.0 Å². The molecule has 2 heterocycles. The van der Waals surface area contributed by atoms with E-state index in [2.05, 4.69) is 21.3 Å². The van der Waals surface area contributed by atoms with Gasteiger partial charge in [0, 0.05) is 42.5 Å². The van der Waals surface area contributed by atoms with Crippen LogP contribution in [0.4, 0.5) is 5.69 Å². The number of rotatable bonds is 6. The molecule has 1 fully saturated rings. The molecule has 0 bridgehead atoms. The third kappa shape index (κ3) is 4.77. The van der Waals surface area contributed by atoms with E-state index in [-0.39, 0.29) is 5.91 Å². The Labute approximate surface area is 170 Å². The van der Waals surface area contributed by atoms with Gasteiger partial charge in [0.05, 0.1) is 12.2 Å². The minimum atomic E-state index is -0.408. The predicted octanol–water partition coefficient (Wildman–Crippen LogP) is 3.61. The Kier molecular flexibility index (Phi) is 6.80. The van der Waals surface area contributed by atoms with Crippen LogP contribution >= 0.6 is 11.8 Å². The highest BCUT2D eigenvalue weighted by atomic mass is 32.2. The van der Waals surface area contributed by atoms with Crippen LogP contribution in [0.2, 0.25) is 0 Å². The number of aryl methyl sites for hydroxylation is 1. The van der Waals surface area contributed by atoms with Gasteiger partial charge in [-0.15, -0.1) is 0 Å². The number of carbonyl (C=O) groups excluding carboxylic acids is 2. The zero-order chi connectivity index (χ0) is 20.1. The smallest absolute Gasteiger partial charge is 0.340 e. The van der Waals surface area contributed by atoms with Crippen molar-refractivity contribution in [3.05, 3.63) is 52.3 Å². The standard InChI is InChI=1S/C21H27N3O3S/c1-4-27-21(26)18-14(2)19(22-15(18)3)20(25)23-17-7-5-6-16(12-17)13-24-8-10-28-11-9-24/h5-7,12,22H,4,8-11,13H2,1-3H3,(H,23,25). The highest BCUT2D eigenvalue weighted by Gasteiger charge is 2.23. The van der Waals surface area contributed by atoms with Crippen LogP contribution < -0.4 is 5.32 Å². The summed E-state index contributed by atoms with van der Waals surface area (Å²) in [4.78, 5) is 30.4. The fraction of sp³-hybridized carbons (Fsp3) is 0.429. The molecular formula is C21H27N3O3S. The second-order valence-corrected chi connectivity index (χ2v) is 8.11. The molecule has 0 unspecified atom stereocenters. The molecule has 0 radical (unpaired) electrons. The highest BCUT2D eigenvalue weighted by Crippen LogP contribution is 2.21. The molecule has 6 nitrogen and oxygen atoms in total. The quantitative estimate of drug-likeness (QED) is 0.724. The van der Waals surface area contributed by atoms with Crippen LogP contribution in [0.3, 0.4) is 0 Å². The van der Waals surface area contributed by atoms with Crippen molar-refractivity contribution in [2.75, 3.05) is 36.5 Å². The maximum Gasteiger partial charge on any atom is 0.340 e. The maximum absolute atomic E-state index is 12.8. The third-order valence-corrected chi connectivity index (χ3v) is 5.78. The normalized spacial score (nSPS) is 14.7. The van der Waals surface area contributed by atoms with Crippen molar-refractivity contribution in [2.24, 2.45) is 0 Å². The van der Waals surface area contributed by atoms with Gasteiger partial charge in [-0.2, -0.15) is 11.8 Å². The Bertz CT molecular complexity index is 857. The van der Waals surface area contributed by atoms with E-state index >= 15 is 0 Å². The van der Waals surface area contributed by atoms with Gasteiger partial charge in [0.25, 0.3) is 5.91 Å². The number of aromatic nitrogens is 1. The largest absolute Gasteiger partial charge is 0.462 e. The first-order chi connectivity index (χ1) is 13.5. The molecule has 3 rings (SSSR count). The molecule has 1 aromatic carbocycles. The first-order valence-electron chi connectivity index (χ1n) is 9.56. The summed E-state index contributed by atoms with van der Waals surface area (Å²) >= 11 is 1.99. The summed E-state index contributed by atoms with van der Waals surface area (Å²) in [6.45, 7) is 8.67. The summed E-state index contributed by atoms with van der Waals surface area (Å²) in [6, 6.07) is 7.93. The van der Waals surface area contributed by atoms with Crippen LogP contribution in [0.1, 0.15) is 44.6 Å². The monoisotopic (exact) mass is 401 g/mol. The Morgan fingerprint density at radius 3 is 2.71 bits per heavy atom. The summed E-state index contributed by atoms with van der Waals surface area (Å²) in [5.74, 6) is 1.67. The topological polar surface area (TPSA) is 74.4 Å². The Hall–Kier alpha value is -2.25. The Balaban J connectivity index is 1.72. The maximum atomic E-state index is 12.8. The van der Waals surface area contributed by atoms with Gasteiger partial charge in [-0.25, -0.2) is 4.79 Å². The lowest BCUT2D eigenvalue weighted by molar-refractivity contribution is 0.0525. The summed E-state index contributed by atoms with van der Waals surface area (Å²) in [6.07, 6.45) is 0. The van der Waals surface area contributed by atoms with E-state index in [0.29, 0.717) is 29.1 Å². The van der Waals surface area contributed by atoms with Gasteiger partial charge in [-0.1, -0.05) is 12.1 Å². The third-order valence-electron chi connectivity index (χ3n) is 4.84. The lowest BCUT2D eigenvalue weighted by Crippen LogP contribution is -2.31. The summed E-state index contributed by atoms with van der Waals surface area (Å²) < 4.78 is 5.09. The van der Waals surface area contributed by atoms with Crippen molar-refractivity contribution in [3.63, 3.8) is 0 Å². The molecule has 0 saturated carbocycles. The van der Waals surface area contributed by atoms with E-state index < -0.39 is 5.97 Å². The van der Waals surface area contributed by atoms with E-state index in [1.165, 1.54) is 17.1 Å². The van der Waals surface area contributed by atoms with E-state index in [0.717, 1.165) is 25.3 Å². The average Bonchev–Trinajstić information content (AvgIpc) is 2.97. The fourth-order valence-corrected chi connectivity index (χ4v) is 4.42. The van der Waals surface area contributed by atoms with Crippen molar-refractivity contribution < 1.29 is 14.3 Å². The molecule has 1 saturated heterocycles. The summed E-state index contributed by atoms with van der Waals surface area (Å²) in [7, 11) is 0. The van der Waals surface area contributed by atoms with Crippen LogP contribution in [-0.2, 0) is 11.3 Å². The molecule has 1 aliphatic heterocycles. The number of esters is 1. The minimum absolute atomic E-state index is 0.261. The summed E-state index contributed by atoms with van der Waals surface area (Å²) in [5, 5.41) is 2.94. The average molecular weight is 402 g/mol. The van der Waals surface area contributed by atoms with E-state index in [1.807, 2.05) is 30.0 Å². The van der Waals surface area contributed by atoms with Gasteiger partial charge < -0.3 is 15.0 Å². The zero-order valence-corrected chi connectivity index (χ0v) is 17.4. The number of H-pyrrole nitrogens is 1. The van der Waals surface area contributed by atoms with Crippen molar-refractivity contribution in [3.8, 4) is 0 Å². The van der Waals surface area contributed by atoms with Gasteiger partial charge >= 0.3 is 5.97 Å². The number of anilines is 1. The Morgan fingerprint density at radius 1 is 1.25 bits per heavy atom. The molecule has 1 aromatic heterocycles. The number of nitrogens with zero attached hydrogens (tertiary/aromatic N) is 1. The number of ether oxygens (including phenoxy) is 1. The molecule has 2 aromatic rings. The van der Waals surface area contributed by atoms with Crippen molar-refractivity contribution in [1.29, 1.82) is 0 Å². The number of hydrogen-bond donors (Lipinski definition) is 2. The number of aromatic amines is 1.